The van der Waals surface area contributed by atoms with Crippen LogP contribution >= 0.6 is 11.8 Å². The largest absolute Gasteiger partial charge is 0.493 e. The van der Waals surface area contributed by atoms with Gasteiger partial charge in [-0.25, -0.2) is 0 Å². The number of ether oxygens (including phenoxy) is 3. The van der Waals surface area contributed by atoms with Crippen molar-refractivity contribution >= 4 is 17.4 Å². The normalized spacial score (nSPS) is 10.7. The van der Waals surface area contributed by atoms with Gasteiger partial charge in [-0.2, -0.15) is 0 Å². The molecule has 0 atom stereocenters. The van der Waals surface area contributed by atoms with Crippen LogP contribution < -0.4 is 14.2 Å². The maximum absolute atomic E-state index is 10.9. The molecule has 34 heavy (non-hydrogen) atoms. The van der Waals surface area contributed by atoms with E-state index in [-0.39, 0.29) is 5.69 Å². The van der Waals surface area contributed by atoms with Gasteiger partial charge in [-0.05, 0) is 29.8 Å². The summed E-state index contributed by atoms with van der Waals surface area (Å²) in [5.41, 5.74) is 2.63. The van der Waals surface area contributed by atoms with Crippen molar-refractivity contribution in [3.63, 3.8) is 0 Å². The molecule has 4 rings (SSSR count). The van der Waals surface area contributed by atoms with Gasteiger partial charge >= 0.3 is 0 Å². The number of aromatic nitrogens is 3. The Kier molecular flexibility index (Phi) is 6.98. The summed E-state index contributed by atoms with van der Waals surface area (Å²) in [6.07, 6.45) is 0. The fourth-order valence-electron chi connectivity index (χ4n) is 3.43. The Morgan fingerprint density at radius 3 is 2.12 bits per heavy atom. The van der Waals surface area contributed by atoms with Crippen molar-refractivity contribution in [2.24, 2.45) is 0 Å². The number of para-hydroxylation sites is 1. The Hall–Kier alpha value is -4.05. The third-order valence-electron chi connectivity index (χ3n) is 5.09. The lowest BCUT2D eigenvalue weighted by Crippen LogP contribution is -2.01. The van der Waals surface area contributed by atoms with Crippen LogP contribution in [-0.2, 0) is 5.75 Å². The predicted octanol–water partition coefficient (Wildman–Crippen LogP) is 5.16. The standard InChI is InChI=1S/C24H22N4O5S/c1-31-20-13-17(14-21(32-2)22(20)33-3)23-25-26-24(27(23)18-7-5-4-6-8-18)34-15-16-9-11-19(12-10-16)28(29)30/h4-14H,15H2,1-3H3. The number of non-ortho nitro benzene ring substituents is 1. The van der Waals surface area contributed by atoms with Gasteiger partial charge in [0.25, 0.3) is 5.69 Å². The van der Waals surface area contributed by atoms with E-state index >= 15 is 0 Å². The van der Waals surface area contributed by atoms with E-state index in [0.717, 1.165) is 16.8 Å². The molecule has 4 aromatic rings. The fourth-order valence-corrected chi connectivity index (χ4v) is 4.34. The van der Waals surface area contributed by atoms with Crippen LogP contribution in [0.1, 0.15) is 5.56 Å². The zero-order valence-corrected chi connectivity index (χ0v) is 19.6. The Morgan fingerprint density at radius 1 is 0.912 bits per heavy atom. The highest BCUT2D eigenvalue weighted by Crippen LogP contribution is 2.41. The van der Waals surface area contributed by atoms with Crippen molar-refractivity contribution in [2.75, 3.05) is 21.3 Å². The van der Waals surface area contributed by atoms with Crippen molar-refractivity contribution in [3.8, 4) is 34.3 Å². The van der Waals surface area contributed by atoms with Gasteiger partial charge in [-0.15, -0.1) is 10.2 Å². The van der Waals surface area contributed by atoms with Crippen LogP contribution in [0.3, 0.4) is 0 Å². The number of nitrogens with zero attached hydrogens (tertiary/aromatic N) is 4. The molecule has 0 amide bonds. The molecular formula is C24H22N4O5S. The summed E-state index contributed by atoms with van der Waals surface area (Å²) >= 11 is 1.48. The van der Waals surface area contributed by atoms with Gasteiger partial charge in [-0.1, -0.05) is 42.1 Å². The number of hydrogen-bond acceptors (Lipinski definition) is 8. The van der Waals surface area contributed by atoms with Gasteiger partial charge in [0.1, 0.15) is 0 Å². The summed E-state index contributed by atoms with van der Waals surface area (Å²) in [4.78, 5) is 10.5. The molecule has 0 saturated carbocycles. The highest BCUT2D eigenvalue weighted by molar-refractivity contribution is 7.98. The minimum Gasteiger partial charge on any atom is -0.493 e. The second-order valence-corrected chi connectivity index (χ2v) is 8.05. The summed E-state index contributed by atoms with van der Waals surface area (Å²) in [6.45, 7) is 0. The number of hydrogen-bond donors (Lipinski definition) is 0. The van der Waals surface area contributed by atoms with Gasteiger partial charge in [0.05, 0.1) is 26.3 Å². The van der Waals surface area contributed by atoms with Gasteiger partial charge < -0.3 is 14.2 Å². The maximum atomic E-state index is 10.9. The molecule has 0 bridgehead atoms. The van der Waals surface area contributed by atoms with Gasteiger partial charge in [0.15, 0.2) is 22.5 Å². The first-order valence-corrected chi connectivity index (χ1v) is 11.2. The molecule has 1 aromatic heterocycles. The maximum Gasteiger partial charge on any atom is 0.269 e. The van der Waals surface area contributed by atoms with E-state index in [2.05, 4.69) is 10.2 Å². The van der Waals surface area contributed by atoms with Crippen molar-refractivity contribution in [3.05, 3.63) is 82.4 Å². The minimum absolute atomic E-state index is 0.0610. The second kappa shape index (κ2) is 10.3. The second-order valence-electron chi connectivity index (χ2n) is 7.10. The molecule has 0 saturated heterocycles. The molecule has 9 nitrogen and oxygen atoms in total. The molecule has 0 aliphatic carbocycles. The average Bonchev–Trinajstić information content (AvgIpc) is 3.31. The zero-order chi connectivity index (χ0) is 24.1. The third kappa shape index (κ3) is 4.67. The first-order chi connectivity index (χ1) is 16.5. The van der Waals surface area contributed by atoms with E-state index in [1.807, 2.05) is 47.0 Å². The van der Waals surface area contributed by atoms with Crippen molar-refractivity contribution < 1.29 is 19.1 Å². The Morgan fingerprint density at radius 2 is 1.56 bits per heavy atom. The summed E-state index contributed by atoms with van der Waals surface area (Å²) in [6, 6.07) is 19.9. The van der Waals surface area contributed by atoms with E-state index in [9.17, 15) is 10.1 Å². The first-order valence-electron chi connectivity index (χ1n) is 10.2. The highest BCUT2D eigenvalue weighted by atomic mass is 32.2. The molecule has 10 heteroatoms. The lowest BCUT2D eigenvalue weighted by Gasteiger charge is -2.15. The van der Waals surface area contributed by atoms with E-state index in [1.54, 1.807) is 33.5 Å². The van der Waals surface area contributed by atoms with Crippen molar-refractivity contribution in [2.45, 2.75) is 10.9 Å². The van der Waals surface area contributed by atoms with Crippen molar-refractivity contribution in [1.82, 2.24) is 14.8 Å². The van der Waals surface area contributed by atoms with Crippen LogP contribution in [0.4, 0.5) is 5.69 Å². The van der Waals surface area contributed by atoms with Crippen molar-refractivity contribution in [1.29, 1.82) is 0 Å². The lowest BCUT2D eigenvalue weighted by molar-refractivity contribution is -0.384. The number of benzene rings is 3. The fraction of sp³-hybridized carbons (Fsp3) is 0.167. The molecule has 0 aliphatic rings. The molecule has 0 N–H and O–H groups in total. The van der Waals surface area contributed by atoms with Gasteiger partial charge in [0, 0.05) is 29.1 Å². The summed E-state index contributed by atoms with van der Waals surface area (Å²) < 4.78 is 18.4. The Balaban J connectivity index is 1.74. The number of rotatable bonds is 9. The third-order valence-corrected chi connectivity index (χ3v) is 6.09. The summed E-state index contributed by atoms with van der Waals surface area (Å²) in [7, 11) is 4.68. The zero-order valence-electron chi connectivity index (χ0n) is 18.8. The van der Waals surface area contributed by atoms with E-state index in [1.165, 1.54) is 23.9 Å². The molecule has 0 aliphatic heterocycles. The van der Waals surface area contributed by atoms with Gasteiger partial charge in [-0.3, -0.25) is 14.7 Å². The number of nitro groups is 1. The minimum atomic E-state index is -0.410. The monoisotopic (exact) mass is 478 g/mol. The SMILES string of the molecule is COc1cc(-c2nnc(SCc3ccc([N+](=O)[O-])cc3)n2-c2ccccc2)cc(OC)c1OC. The smallest absolute Gasteiger partial charge is 0.269 e. The number of thioether (sulfide) groups is 1. The molecule has 174 valence electrons. The van der Waals surface area contributed by atoms with E-state index in [0.29, 0.717) is 34.0 Å². The molecule has 3 aromatic carbocycles. The van der Waals surface area contributed by atoms with Crippen LogP contribution in [-0.4, -0.2) is 41.0 Å². The molecule has 0 radical (unpaired) electrons. The predicted molar refractivity (Wildman–Crippen MR) is 129 cm³/mol. The molecule has 0 unspecified atom stereocenters. The van der Waals surface area contributed by atoms with Crippen LogP contribution in [0.25, 0.3) is 17.1 Å². The average molecular weight is 479 g/mol. The van der Waals surface area contributed by atoms with Gasteiger partial charge in [0.2, 0.25) is 5.75 Å². The molecular weight excluding hydrogens is 456 g/mol. The summed E-state index contributed by atoms with van der Waals surface area (Å²) in [5, 5.41) is 20.5. The van der Waals surface area contributed by atoms with E-state index in [4.69, 9.17) is 14.2 Å². The quantitative estimate of drug-likeness (QED) is 0.185. The lowest BCUT2D eigenvalue weighted by atomic mass is 10.1. The number of nitro benzene ring substituents is 1. The van der Waals surface area contributed by atoms with Crippen LogP contribution in [0.15, 0.2) is 71.9 Å². The van der Waals surface area contributed by atoms with Crippen LogP contribution in [0.5, 0.6) is 17.2 Å². The Labute approximate surface area is 200 Å². The van der Waals surface area contributed by atoms with E-state index < -0.39 is 4.92 Å². The molecule has 1 heterocycles. The summed E-state index contributed by atoms with van der Waals surface area (Å²) in [5.74, 6) is 2.70. The topological polar surface area (TPSA) is 102 Å². The number of methoxy groups -OCH3 is 3. The molecule has 0 spiro atoms. The van der Waals surface area contributed by atoms with Crippen LogP contribution in [0, 0.1) is 10.1 Å². The first kappa shape index (κ1) is 23.1. The Bertz CT molecular complexity index is 1270. The van der Waals surface area contributed by atoms with Crippen LogP contribution in [0.2, 0.25) is 0 Å². The highest BCUT2D eigenvalue weighted by Gasteiger charge is 2.21. The molecule has 0 fully saturated rings.